The number of Topliss-reactive ketones (excluding diaryl/α,β-unsaturated/α-hetero) is 1. The average molecular weight is 501 g/mol. The van der Waals surface area contributed by atoms with E-state index in [-0.39, 0.29) is 17.9 Å². The van der Waals surface area contributed by atoms with Crippen LogP contribution in [0.25, 0.3) is 5.76 Å². The number of carbonyl (C=O) groups excluding carboxylic acids is 2. The van der Waals surface area contributed by atoms with Crippen molar-refractivity contribution in [1.82, 2.24) is 4.90 Å². The molecule has 1 unspecified atom stereocenters. The summed E-state index contributed by atoms with van der Waals surface area (Å²) in [5.41, 5.74) is 3.08. The van der Waals surface area contributed by atoms with Crippen LogP contribution in [0.4, 0.5) is 5.69 Å². The van der Waals surface area contributed by atoms with Gasteiger partial charge in [-0.25, -0.2) is 0 Å². The molecule has 0 aromatic heterocycles. The summed E-state index contributed by atoms with van der Waals surface area (Å²) >= 11 is 0. The van der Waals surface area contributed by atoms with Crippen LogP contribution in [0.1, 0.15) is 36.6 Å². The Balaban J connectivity index is 1.77. The molecule has 0 radical (unpaired) electrons. The summed E-state index contributed by atoms with van der Waals surface area (Å²) in [5.74, 6) is -0.176. The molecule has 1 amide bonds. The van der Waals surface area contributed by atoms with Crippen molar-refractivity contribution < 1.29 is 24.2 Å². The number of carbonyl (C=O) groups is 2. The van der Waals surface area contributed by atoms with Crippen molar-refractivity contribution >= 4 is 23.1 Å². The quantitative estimate of drug-likeness (QED) is 0.248. The summed E-state index contributed by atoms with van der Waals surface area (Å²) in [6.07, 6.45) is 0. The SMILES string of the molecule is CCOc1ccc(CN2C(=O)C(=O)/C(=C(\O)c3ccc(OCC)cc3)C2c2ccc(N(C)C)cc2)cc1. The minimum atomic E-state index is -0.741. The molecule has 1 aliphatic rings. The monoisotopic (exact) mass is 500 g/mol. The summed E-state index contributed by atoms with van der Waals surface area (Å²) in [6.45, 7) is 5.09. The molecule has 0 bridgehead atoms. The predicted octanol–water partition coefficient (Wildman–Crippen LogP) is 5.17. The lowest BCUT2D eigenvalue weighted by molar-refractivity contribution is -0.140. The van der Waals surface area contributed by atoms with Crippen LogP contribution in [0.15, 0.2) is 78.4 Å². The van der Waals surface area contributed by atoms with Gasteiger partial charge in [-0.3, -0.25) is 9.59 Å². The number of aliphatic hydroxyl groups excluding tert-OH is 1. The molecule has 3 aromatic carbocycles. The van der Waals surface area contributed by atoms with Crippen molar-refractivity contribution in [1.29, 1.82) is 0 Å². The number of ketones is 1. The lowest BCUT2D eigenvalue weighted by atomic mass is 9.95. The first kappa shape index (κ1) is 25.8. The molecular weight excluding hydrogens is 468 g/mol. The van der Waals surface area contributed by atoms with Gasteiger partial charge in [0.1, 0.15) is 17.3 Å². The minimum Gasteiger partial charge on any atom is -0.507 e. The van der Waals surface area contributed by atoms with Crippen LogP contribution in [0.2, 0.25) is 0 Å². The van der Waals surface area contributed by atoms with Gasteiger partial charge in [0.25, 0.3) is 11.7 Å². The highest BCUT2D eigenvalue weighted by molar-refractivity contribution is 6.46. The number of aliphatic hydroxyl groups is 1. The van der Waals surface area contributed by atoms with Crippen LogP contribution in [-0.4, -0.2) is 49.0 Å². The Morgan fingerprint density at radius 3 is 1.89 bits per heavy atom. The number of hydrogen-bond donors (Lipinski definition) is 1. The van der Waals surface area contributed by atoms with Gasteiger partial charge in [0, 0.05) is 31.9 Å². The van der Waals surface area contributed by atoms with Gasteiger partial charge in [-0.2, -0.15) is 0 Å². The van der Waals surface area contributed by atoms with E-state index in [1.54, 1.807) is 24.3 Å². The zero-order chi connectivity index (χ0) is 26.5. The largest absolute Gasteiger partial charge is 0.507 e. The molecular formula is C30H32N2O5. The number of nitrogens with zero attached hydrogens (tertiary/aromatic N) is 2. The fraction of sp³-hybridized carbons (Fsp3) is 0.267. The maximum Gasteiger partial charge on any atom is 0.295 e. The zero-order valence-corrected chi connectivity index (χ0v) is 21.6. The van der Waals surface area contributed by atoms with Gasteiger partial charge < -0.3 is 24.4 Å². The molecule has 0 spiro atoms. The molecule has 37 heavy (non-hydrogen) atoms. The van der Waals surface area contributed by atoms with Gasteiger partial charge in [-0.05, 0) is 73.5 Å². The van der Waals surface area contributed by atoms with Crippen LogP contribution in [0.5, 0.6) is 11.5 Å². The van der Waals surface area contributed by atoms with E-state index in [0.29, 0.717) is 24.5 Å². The number of benzene rings is 3. The molecule has 0 saturated carbocycles. The highest BCUT2D eigenvalue weighted by atomic mass is 16.5. The van der Waals surface area contributed by atoms with Crippen LogP contribution in [-0.2, 0) is 16.1 Å². The Kier molecular flexibility index (Phi) is 7.82. The second-order valence-electron chi connectivity index (χ2n) is 8.95. The lowest BCUT2D eigenvalue weighted by Crippen LogP contribution is -2.29. The highest BCUT2D eigenvalue weighted by Gasteiger charge is 2.46. The van der Waals surface area contributed by atoms with Crippen LogP contribution < -0.4 is 14.4 Å². The summed E-state index contributed by atoms with van der Waals surface area (Å²) in [7, 11) is 3.89. The molecule has 1 saturated heterocycles. The Morgan fingerprint density at radius 1 is 0.838 bits per heavy atom. The summed E-state index contributed by atoms with van der Waals surface area (Å²) in [6, 6.07) is 21.2. The van der Waals surface area contributed by atoms with E-state index in [9.17, 15) is 14.7 Å². The molecule has 192 valence electrons. The summed E-state index contributed by atoms with van der Waals surface area (Å²) in [5, 5.41) is 11.3. The number of rotatable bonds is 9. The first-order chi connectivity index (χ1) is 17.8. The third kappa shape index (κ3) is 5.45. The van der Waals surface area contributed by atoms with Gasteiger partial charge in [-0.15, -0.1) is 0 Å². The lowest BCUT2D eigenvalue weighted by Gasteiger charge is -2.26. The van der Waals surface area contributed by atoms with E-state index in [4.69, 9.17) is 9.47 Å². The Bertz CT molecular complexity index is 1280. The van der Waals surface area contributed by atoms with Crippen molar-refractivity contribution in [2.75, 3.05) is 32.2 Å². The van der Waals surface area contributed by atoms with Gasteiger partial charge >= 0.3 is 0 Å². The van der Waals surface area contributed by atoms with E-state index in [0.717, 1.165) is 22.6 Å². The number of hydrogen-bond acceptors (Lipinski definition) is 6. The Morgan fingerprint density at radius 2 is 1.38 bits per heavy atom. The standard InChI is InChI=1S/C30H32N2O5/c1-5-36-24-15-7-20(8-16-24)19-32-27(21-9-13-23(14-10-21)31(3)4)26(29(34)30(32)35)28(33)22-11-17-25(18-12-22)37-6-2/h7-18,27,33H,5-6,19H2,1-4H3/b28-26-. The first-order valence-corrected chi connectivity index (χ1v) is 12.3. The predicted molar refractivity (Wildman–Crippen MR) is 144 cm³/mol. The van der Waals surface area contributed by atoms with E-state index in [1.807, 2.05) is 81.4 Å². The first-order valence-electron chi connectivity index (χ1n) is 12.3. The molecule has 1 N–H and O–H groups in total. The van der Waals surface area contributed by atoms with Crippen LogP contribution in [0, 0.1) is 0 Å². The van der Waals surface area contributed by atoms with E-state index in [2.05, 4.69) is 0 Å². The van der Waals surface area contributed by atoms with Crippen LogP contribution >= 0.6 is 0 Å². The third-order valence-corrected chi connectivity index (χ3v) is 6.29. The van der Waals surface area contributed by atoms with E-state index >= 15 is 0 Å². The molecule has 1 heterocycles. The van der Waals surface area contributed by atoms with Crippen LogP contribution in [0.3, 0.4) is 0 Å². The summed E-state index contributed by atoms with van der Waals surface area (Å²) in [4.78, 5) is 30.1. The number of ether oxygens (including phenoxy) is 2. The molecule has 0 aliphatic carbocycles. The van der Waals surface area contributed by atoms with E-state index < -0.39 is 17.7 Å². The topological polar surface area (TPSA) is 79.3 Å². The number of amides is 1. The fourth-order valence-corrected chi connectivity index (χ4v) is 4.43. The maximum absolute atomic E-state index is 13.3. The Hall–Kier alpha value is -4.26. The smallest absolute Gasteiger partial charge is 0.295 e. The second-order valence-corrected chi connectivity index (χ2v) is 8.95. The van der Waals surface area contributed by atoms with Gasteiger partial charge in [-0.1, -0.05) is 24.3 Å². The Labute approximate surface area is 217 Å². The van der Waals surface area contributed by atoms with Gasteiger partial charge in [0.15, 0.2) is 0 Å². The van der Waals surface area contributed by atoms with Gasteiger partial charge in [0.05, 0.1) is 24.8 Å². The van der Waals surface area contributed by atoms with Gasteiger partial charge in [0.2, 0.25) is 0 Å². The molecule has 3 aromatic rings. The minimum absolute atomic E-state index is 0.0673. The van der Waals surface area contributed by atoms with Crippen molar-refractivity contribution in [3.05, 3.63) is 95.1 Å². The normalized spacial score (nSPS) is 16.6. The molecule has 7 heteroatoms. The van der Waals surface area contributed by atoms with E-state index in [1.165, 1.54) is 4.90 Å². The third-order valence-electron chi connectivity index (χ3n) is 6.29. The molecule has 7 nitrogen and oxygen atoms in total. The second kappa shape index (κ2) is 11.2. The number of likely N-dealkylation sites (tertiary alicyclic amines) is 1. The average Bonchev–Trinajstić information content (AvgIpc) is 3.15. The molecule has 1 fully saturated rings. The summed E-state index contributed by atoms with van der Waals surface area (Å²) < 4.78 is 11.0. The highest BCUT2D eigenvalue weighted by Crippen LogP contribution is 2.41. The van der Waals surface area contributed by atoms with Crippen molar-refractivity contribution in [2.24, 2.45) is 0 Å². The number of anilines is 1. The molecule has 1 atom stereocenters. The fourth-order valence-electron chi connectivity index (χ4n) is 4.43. The van der Waals surface area contributed by atoms with Crippen molar-refractivity contribution in [3.63, 3.8) is 0 Å². The van der Waals surface area contributed by atoms with Crippen molar-refractivity contribution in [3.8, 4) is 11.5 Å². The maximum atomic E-state index is 13.3. The molecule has 4 rings (SSSR count). The molecule has 1 aliphatic heterocycles. The zero-order valence-electron chi connectivity index (χ0n) is 21.6. The van der Waals surface area contributed by atoms with Crippen molar-refractivity contribution in [2.45, 2.75) is 26.4 Å².